The summed E-state index contributed by atoms with van der Waals surface area (Å²) >= 11 is 1.53. The molecule has 7 nitrogen and oxygen atoms in total. The van der Waals surface area contributed by atoms with Gasteiger partial charge in [-0.15, -0.1) is 0 Å². The van der Waals surface area contributed by atoms with Crippen molar-refractivity contribution >= 4 is 33.5 Å². The van der Waals surface area contributed by atoms with Crippen LogP contribution in [0.5, 0.6) is 0 Å². The van der Waals surface area contributed by atoms with Crippen molar-refractivity contribution in [2.75, 3.05) is 17.8 Å². The normalized spacial score (nSPS) is 16.7. The van der Waals surface area contributed by atoms with Crippen molar-refractivity contribution in [1.82, 2.24) is 5.32 Å². The van der Waals surface area contributed by atoms with Crippen LogP contribution in [0.3, 0.4) is 0 Å². The third-order valence-corrected chi connectivity index (χ3v) is 10.9. The Hall–Kier alpha value is -2.36. The molecule has 0 aromatic heterocycles. The molecule has 2 unspecified atom stereocenters. The number of amides is 1. The fourth-order valence-corrected chi connectivity index (χ4v) is 8.03. The molecule has 1 aliphatic carbocycles. The number of sulfone groups is 1. The molecule has 2 N–H and O–H groups in total. The smallest absolute Gasteiger partial charge is 0.326 e. The largest absolute Gasteiger partial charge is 0.480 e. The highest BCUT2D eigenvalue weighted by Crippen LogP contribution is 2.34. The summed E-state index contributed by atoms with van der Waals surface area (Å²) in [7, 11) is -3.29. The van der Waals surface area contributed by atoms with E-state index in [1.54, 1.807) is 19.1 Å². The van der Waals surface area contributed by atoms with Crippen LogP contribution in [-0.4, -0.2) is 60.6 Å². The van der Waals surface area contributed by atoms with Gasteiger partial charge in [0.1, 0.15) is 6.04 Å². The number of carbonyl (C=O) groups is 2. The van der Waals surface area contributed by atoms with E-state index in [0.29, 0.717) is 23.3 Å². The Bertz CT molecular complexity index is 1260. The summed E-state index contributed by atoms with van der Waals surface area (Å²) in [5.41, 5.74) is 3.73. The average Bonchev–Trinajstić information content (AvgIpc) is 2.94. The topological polar surface area (TPSA) is 110 Å². The number of carbonyl (C=O) groups excluding carboxylic acids is 1. The number of thioether (sulfide) groups is 1. The molecule has 0 saturated heterocycles. The van der Waals surface area contributed by atoms with Crippen LogP contribution < -0.4 is 5.32 Å². The zero-order valence-electron chi connectivity index (χ0n) is 24.0. The maximum absolute atomic E-state index is 13.3. The van der Waals surface area contributed by atoms with Crippen molar-refractivity contribution in [2.24, 2.45) is 5.92 Å². The second-order valence-electron chi connectivity index (χ2n) is 10.7. The van der Waals surface area contributed by atoms with Crippen LogP contribution >= 0.6 is 11.8 Å². The minimum atomic E-state index is -3.29. The summed E-state index contributed by atoms with van der Waals surface area (Å²) in [5.74, 6) is -0.688. The summed E-state index contributed by atoms with van der Waals surface area (Å²) in [6, 6.07) is 12.1. The number of hydrogen-bond donors (Lipinski definition) is 2. The monoisotopic (exact) mass is 589 g/mol. The number of benzene rings is 2. The highest BCUT2D eigenvalue weighted by atomic mass is 32.2. The molecule has 3 atom stereocenters. The minimum Gasteiger partial charge on any atom is -0.480 e. The highest BCUT2D eigenvalue weighted by molar-refractivity contribution is 7.98. The first-order valence-electron chi connectivity index (χ1n) is 14.1. The van der Waals surface area contributed by atoms with E-state index < -0.39 is 39.1 Å². The van der Waals surface area contributed by atoms with Crippen LogP contribution in [0.25, 0.3) is 11.1 Å². The number of hydrogen-bond acceptors (Lipinski definition) is 6. The van der Waals surface area contributed by atoms with Gasteiger partial charge in [0.15, 0.2) is 9.84 Å². The van der Waals surface area contributed by atoms with E-state index in [9.17, 15) is 23.1 Å². The third kappa shape index (κ3) is 8.33. The summed E-state index contributed by atoms with van der Waals surface area (Å²) in [6.45, 7) is 5.73. The second kappa shape index (κ2) is 15.0. The first-order valence-corrected chi connectivity index (χ1v) is 17.2. The first-order chi connectivity index (χ1) is 19.1. The molecule has 40 heavy (non-hydrogen) atoms. The van der Waals surface area contributed by atoms with Gasteiger partial charge in [0.25, 0.3) is 5.91 Å². The summed E-state index contributed by atoms with van der Waals surface area (Å²) < 4.78 is 32.4. The van der Waals surface area contributed by atoms with Gasteiger partial charge in [0, 0.05) is 11.3 Å². The molecule has 1 saturated carbocycles. The first kappa shape index (κ1) is 32.2. The zero-order valence-corrected chi connectivity index (χ0v) is 25.7. The van der Waals surface area contributed by atoms with Crippen LogP contribution in [0.15, 0.2) is 42.5 Å². The van der Waals surface area contributed by atoms with Gasteiger partial charge in [-0.25, -0.2) is 13.2 Å². The molecule has 1 fully saturated rings. The Labute approximate surface area is 243 Å². The number of ether oxygens (including phenoxy) is 1. The predicted octanol–water partition coefficient (Wildman–Crippen LogP) is 5.89. The molecule has 2 aromatic rings. The lowest BCUT2D eigenvalue weighted by Gasteiger charge is -2.33. The fourth-order valence-electron chi connectivity index (χ4n) is 5.65. The Morgan fingerprint density at radius 1 is 1.10 bits per heavy atom. The maximum Gasteiger partial charge on any atom is 0.326 e. The Balaban J connectivity index is 1.88. The van der Waals surface area contributed by atoms with E-state index in [-0.39, 0.29) is 18.3 Å². The van der Waals surface area contributed by atoms with Gasteiger partial charge in [0.05, 0.1) is 18.0 Å². The van der Waals surface area contributed by atoms with E-state index in [0.717, 1.165) is 48.8 Å². The third-order valence-electron chi connectivity index (χ3n) is 7.88. The fraction of sp³-hybridized carbons (Fsp3) is 0.548. The van der Waals surface area contributed by atoms with Gasteiger partial charge >= 0.3 is 5.97 Å². The lowest BCUT2D eigenvalue weighted by molar-refractivity contribution is -0.139. The molecule has 9 heteroatoms. The Morgan fingerprint density at radius 3 is 2.42 bits per heavy atom. The van der Waals surface area contributed by atoms with Crippen molar-refractivity contribution < 1.29 is 27.9 Å². The van der Waals surface area contributed by atoms with Crippen molar-refractivity contribution in [2.45, 2.75) is 83.3 Å². The lowest BCUT2D eigenvalue weighted by Crippen LogP contribution is -2.42. The van der Waals surface area contributed by atoms with Crippen LogP contribution in [0, 0.1) is 12.8 Å². The molecule has 3 rings (SSSR count). The van der Waals surface area contributed by atoms with Crippen LogP contribution in [-0.2, 0) is 26.0 Å². The van der Waals surface area contributed by atoms with Crippen molar-refractivity contribution in [1.29, 1.82) is 0 Å². The predicted molar refractivity (Wildman–Crippen MR) is 163 cm³/mol. The molecule has 0 spiro atoms. The van der Waals surface area contributed by atoms with Crippen molar-refractivity contribution in [3.63, 3.8) is 0 Å². The zero-order chi connectivity index (χ0) is 29.3. The molecule has 2 aromatic carbocycles. The van der Waals surface area contributed by atoms with Crippen LogP contribution in [0.4, 0.5) is 0 Å². The maximum atomic E-state index is 13.3. The molecule has 220 valence electrons. The van der Waals surface area contributed by atoms with Gasteiger partial charge < -0.3 is 15.2 Å². The number of aryl methyl sites for hydroxylation is 1. The van der Waals surface area contributed by atoms with Gasteiger partial charge in [-0.05, 0) is 85.4 Å². The number of rotatable bonds is 14. The number of aliphatic carboxylic acids is 1. The van der Waals surface area contributed by atoms with E-state index in [1.807, 2.05) is 50.4 Å². The van der Waals surface area contributed by atoms with Gasteiger partial charge in [-0.3, -0.25) is 4.79 Å². The molecular formula is C31H43NO6S2. The second-order valence-corrected chi connectivity index (χ2v) is 14.1. The van der Waals surface area contributed by atoms with E-state index in [4.69, 9.17) is 4.74 Å². The molecule has 0 radical (unpaired) electrons. The number of carboxylic acids is 1. The number of carboxylic acid groups (broad SMARTS) is 1. The minimum absolute atomic E-state index is 0.0946. The molecule has 1 aliphatic rings. The summed E-state index contributed by atoms with van der Waals surface area (Å²) in [4.78, 5) is 25.1. The standard InChI is InChI=1S/C31H43NO6S2/c1-5-40(36,37)29(24-12-7-6-8-13-24)22(3)38-20-23-15-16-26(27(19-23)25-14-10-9-11-21(25)2)30(33)32-28(31(34)35)17-18-39-4/h9-11,14-16,19,22,24,28-29H,5-8,12-13,17-18,20H2,1-4H3,(H,32,33)(H,34,35)/t22?,28-,29?/m0/s1. The van der Waals surface area contributed by atoms with Gasteiger partial charge in [-0.2, -0.15) is 11.8 Å². The molecular weight excluding hydrogens is 546 g/mol. The molecule has 0 heterocycles. The SMILES string of the molecule is CCS(=O)(=O)C(C1CCCCC1)C(C)OCc1ccc(C(=O)N[C@@H](CCSC)C(=O)O)c(-c2ccccc2C)c1. The highest BCUT2D eigenvalue weighted by Gasteiger charge is 2.37. The van der Waals surface area contributed by atoms with E-state index in [1.165, 1.54) is 11.8 Å². The van der Waals surface area contributed by atoms with Crippen LogP contribution in [0.1, 0.15) is 73.9 Å². The number of nitrogens with one attached hydrogen (secondary N) is 1. The quantitative estimate of drug-likeness (QED) is 0.283. The van der Waals surface area contributed by atoms with Crippen molar-refractivity contribution in [3.8, 4) is 11.1 Å². The van der Waals surface area contributed by atoms with Crippen molar-refractivity contribution in [3.05, 3.63) is 59.2 Å². The van der Waals surface area contributed by atoms with Crippen LogP contribution in [0.2, 0.25) is 0 Å². The lowest BCUT2D eigenvalue weighted by atomic mass is 9.85. The van der Waals surface area contributed by atoms with Gasteiger partial charge in [-0.1, -0.05) is 56.5 Å². The van der Waals surface area contributed by atoms with Gasteiger partial charge in [0.2, 0.25) is 0 Å². The average molecular weight is 590 g/mol. The Morgan fingerprint density at radius 2 is 1.80 bits per heavy atom. The van der Waals surface area contributed by atoms with E-state index >= 15 is 0 Å². The summed E-state index contributed by atoms with van der Waals surface area (Å²) in [5, 5.41) is 11.8. The molecule has 0 aliphatic heterocycles. The summed E-state index contributed by atoms with van der Waals surface area (Å²) in [6.07, 6.45) is 6.83. The Kier molecular flexibility index (Phi) is 12.1. The molecule has 0 bridgehead atoms. The van der Waals surface area contributed by atoms with E-state index in [2.05, 4.69) is 5.32 Å². The molecule has 1 amide bonds.